The van der Waals surface area contributed by atoms with Crippen LogP contribution >= 0.6 is 11.3 Å². The smallest absolute Gasteiger partial charge is 0.0913 e. The predicted octanol–water partition coefficient (Wildman–Crippen LogP) is 2.71. The molecule has 1 aliphatic heterocycles. The van der Waals surface area contributed by atoms with E-state index in [0.717, 1.165) is 26.3 Å². The molecule has 1 saturated heterocycles. The first-order chi connectivity index (χ1) is 6.77. The fourth-order valence-electron chi connectivity index (χ4n) is 1.61. The number of ether oxygens (including phenoxy) is 1. The molecule has 0 saturated carbocycles. The summed E-state index contributed by atoms with van der Waals surface area (Å²) in [7, 11) is 0. The highest BCUT2D eigenvalue weighted by Crippen LogP contribution is 2.31. The van der Waals surface area contributed by atoms with Crippen LogP contribution in [0, 0.1) is 0 Å². The van der Waals surface area contributed by atoms with Crippen molar-refractivity contribution in [1.82, 2.24) is 0 Å². The first kappa shape index (κ1) is 9.99. The zero-order chi connectivity index (χ0) is 9.97. The van der Waals surface area contributed by atoms with Gasteiger partial charge < -0.3 is 9.64 Å². The summed E-state index contributed by atoms with van der Waals surface area (Å²) in [6, 6.07) is 4.49. The van der Waals surface area contributed by atoms with E-state index in [1.807, 2.05) is 11.3 Å². The van der Waals surface area contributed by atoms with Crippen LogP contribution in [0.3, 0.4) is 0 Å². The van der Waals surface area contributed by atoms with Crippen molar-refractivity contribution in [3.8, 4) is 0 Å². The molecule has 0 amide bonds. The Labute approximate surface area is 89.5 Å². The first-order valence-electron chi connectivity index (χ1n) is 5.20. The molecule has 0 unspecified atom stereocenters. The van der Waals surface area contributed by atoms with Gasteiger partial charge in [0, 0.05) is 18.0 Å². The Hall–Kier alpha value is -0.540. The van der Waals surface area contributed by atoms with Gasteiger partial charge in [-0.2, -0.15) is 0 Å². The maximum atomic E-state index is 5.34. The molecule has 2 heterocycles. The number of morpholine rings is 1. The molecule has 2 nitrogen and oxygen atoms in total. The molecule has 0 spiro atoms. The van der Waals surface area contributed by atoms with E-state index >= 15 is 0 Å². The molecule has 0 bridgehead atoms. The summed E-state index contributed by atoms with van der Waals surface area (Å²) in [5.74, 6) is 0.648. The number of rotatable bonds is 2. The van der Waals surface area contributed by atoms with Crippen molar-refractivity contribution in [2.45, 2.75) is 19.8 Å². The highest BCUT2D eigenvalue weighted by Gasteiger charge is 2.13. The third kappa shape index (κ3) is 2.10. The van der Waals surface area contributed by atoms with Crippen LogP contribution in [0.1, 0.15) is 24.6 Å². The van der Waals surface area contributed by atoms with Crippen LogP contribution in [0.25, 0.3) is 0 Å². The van der Waals surface area contributed by atoms with Crippen LogP contribution in [0.2, 0.25) is 0 Å². The monoisotopic (exact) mass is 211 g/mol. The van der Waals surface area contributed by atoms with E-state index in [1.54, 1.807) is 0 Å². The van der Waals surface area contributed by atoms with Crippen LogP contribution in [-0.4, -0.2) is 26.3 Å². The van der Waals surface area contributed by atoms with E-state index in [9.17, 15) is 0 Å². The predicted molar refractivity (Wildman–Crippen MR) is 61.4 cm³/mol. The third-order valence-electron chi connectivity index (χ3n) is 2.50. The van der Waals surface area contributed by atoms with Gasteiger partial charge in [0.25, 0.3) is 0 Å². The lowest BCUT2D eigenvalue weighted by molar-refractivity contribution is 0.123. The highest BCUT2D eigenvalue weighted by molar-refractivity contribution is 7.16. The van der Waals surface area contributed by atoms with Crippen LogP contribution < -0.4 is 4.90 Å². The molecule has 0 aliphatic carbocycles. The molecule has 2 rings (SSSR count). The minimum atomic E-state index is 0.648. The van der Waals surface area contributed by atoms with Gasteiger partial charge in [-0.15, -0.1) is 11.3 Å². The number of nitrogens with zero attached hydrogens (tertiary/aromatic N) is 1. The van der Waals surface area contributed by atoms with Gasteiger partial charge >= 0.3 is 0 Å². The second kappa shape index (κ2) is 4.32. The maximum Gasteiger partial charge on any atom is 0.0913 e. The Kier molecular flexibility index (Phi) is 3.08. The molecular weight excluding hydrogens is 194 g/mol. The molecule has 3 heteroatoms. The topological polar surface area (TPSA) is 12.5 Å². The van der Waals surface area contributed by atoms with Crippen molar-refractivity contribution >= 4 is 16.3 Å². The molecule has 78 valence electrons. The Balaban J connectivity index is 2.07. The van der Waals surface area contributed by atoms with Gasteiger partial charge in [-0.1, -0.05) is 13.8 Å². The normalized spacial score (nSPS) is 17.8. The number of hydrogen-bond donors (Lipinski definition) is 0. The van der Waals surface area contributed by atoms with Gasteiger partial charge in [0.15, 0.2) is 0 Å². The molecular formula is C11H17NOS. The van der Waals surface area contributed by atoms with E-state index in [2.05, 4.69) is 30.9 Å². The summed E-state index contributed by atoms with van der Waals surface area (Å²) in [4.78, 5) is 3.89. The zero-order valence-corrected chi connectivity index (χ0v) is 9.64. The summed E-state index contributed by atoms with van der Waals surface area (Å²) in [5.41, 5.74) is 0. The molecule has 0 N–H and O–H groups in total. The summed E-state index contributed by atoms with van der Waals surface area (Å²) >= 11 is 1.92. The van der Waals surface area contributed by atoms with Crippen LogP contribution in [0.5, 0.6) is 0 Å². The second-order valence-electron chi connectivity index (χ2n) is 3.93. The van der Waals surface area contributed by atoms with Gasteiger partial charge in [-0.3, -0.25) is 0 Å². The van der Waals surface area contributed by atoms with Gasteiger partial charge in [0.2, 0.25) is 0 Å². The summed E-state index contributed by atoms with van der Waals surface area (Å²) in [6.07, 6.45) is 0. The lowest BCUT2D eigenvalue weighted by atomic mass is 10.2. The molecule has 1 aromatic rings. The second-order valence-corrected chi connectivity index (χ2v) is 5.02. The Morgan fingerprint density at radius 3 is 2.57 bits per heavy atom. The van der Waals surface area contributed by atoms with Crippen molar-refractivity contribution in [2.24, 2.45) is 0 Å². The van der Waals surface area contributed by atoms with Crippen molar-refractivity contribution < 1.29 is 4.74 Å². The van der Waals surface area contributed by atoms with E-state index in [0.29, 0.717) is 5.92 Å². The standard InChI is InChI=1S/C11H17NOS/c1-9(2)10-3-4-11(14-10)12-5-7-13-8-6-12/h3-4,9H,5-8H2,1-2H3. The minimum Gasteiger partial charge on any atom is -0.378 e. The van der Waals surface area contributed by atoms with Crippen molar-refractivity contribution in [2.75, 3.05) is 31.2 Å². The van der Waals surface area contributed by atoms with Crippen LogP contribution in [-0.2, 0) is 4.74 Å². The highest BCUT2D eigenvalue weighted by atomic mass is 32.1. The molecule has 0 atom stereocenters. The van der Waals surface area contributed by atoms with Gasteiger partial charge in [0.05, 0.1) is 18.2 Å². The van der Waals surface area contributed by atoms with E-state index < -0.39 is 0 Å². The molecule has 1 aliphatic rings. The zero-order valence-electron chi connectivity index (χ0n) is 8.82. The van der Waals surface area contributed by atoms with Gasteiger partial charge in [-0.05, 0) is 18.1 Å². The molecule has 0 aromatic carbocycles. The summed E-state index contributed by atoms with van der Waals surface area (Å²) < 4.78 is 5.34. The maximum absolute atomic E-state index is 5.34. The quantitative estimate of drug-likeness (QED) is 0.746. The minimum absolute atomic E-state index is 0.648. The van der Waals surface area contributed by atoms with Gasteiger partial charge in [-0.25, -0.2) is 0 Å². The van der Waals surface area contributed by atoms with Gasteiger partial charge in [0.1, 0.15) is 0 Å². The lowest BCUT2D eigenvalue weighted by Gasteiger charge is -2.27. The average molecular weight is 211 g/mol. The van der Waals surface area contributed by atoms with Crippen molar-refractivity contribution in [3.05, 3.63) is 17.0 Å². The SMILES string of the molecule is CC(C)c1ccc(N2CCOCC2)s1. The largest absolute Gasteiger partial charge is 0.378 e. The number of anilines is 1. The third-order valence-corrected chi connectivity index (χ3v) is 3.95. The van der Waals surface area contributed by atoms with Crippen LogP contribution in [0.15, 0.2) is 12.1 Å². The van der Waals surface area contributed by atoms with E-state index in [4.69, 9.17) is 4.74 Å². The van der Waals surface area contributed by atoms with E-state index in [1.165, 1.54) is 9.88 Å². The Bertz CT molecular complexity index is 289. The van der Waals surface area contributed by atoms with Crippen LogP contribution in [0.4, 0.5) is 5.00 Å². The fraction of sp³-hybridized carbons (Fsp3) is 0.636. The molecule has 14 heavy (non-hydrogen) atoms. The molecule has 0 radical (unpaired) electrons. The average Bonchev–Trinajstić information content (AvgIpc) is 2.68. The number of hydrogen-bond acceptors (Lipinski definition) is 3. The fourth-order valence-corrected chi connectivity index (χ4v) is 2.67. The Morgan fingerprint density at radius 2 is 2.00 bits per heavy atom. The number of thiophene rings is 1. The van der Waals surface area contributed by atoms with Crippen molar-refractivity contribution in [1.29, 1.82) is 0 Å². The molecule has 1 fully saturated rings. The Morgan fingerprint density at radius 1 is 1.29 bits per heavy atom. The molecule has 1 aromatic heterocycles. The summed E-state index contributed by atoms with van der Waals surface area (Å²) in [5, 5.41) is 1.40. The first-order valence-corrected chi connectivity index (χ1v) is 6.01. The lowest BCUT2D eigenvalue weighted by Crippen LogP contribution is -2.35. The van der Waals surface area contributed by atoms with Crippen molar-refractivity contribution in [3.63, 3.8) is 0 Å². The van der Waals surface area contributed by atoms with E-state index in [-0.39, 0.29) is 0 Å². The summed E-state index contributed by atoms with van der Waals surface area (Å²) in [6.45, 7) is 8.31.